The lowest BCUT2D eigenvalue weighted by Crippen LogP contribution is -2.22. The van der Waals surface area contributed by atoms with Gasteiger partial charge in [-0.15, -0.1) is 0 Å². The molecule has 1 aromatic rings. The monoisotopic (exact) mass is 263 g/mol. The predicted octanol–water partition coefficient (Wildman–Crippen LogP) is 1.58. The van der Waals surface area contributed by atoms with Gasteiger partial charge in [0.2, 0.25) is 0 Å². The summed E-state index contributed by atoms with van der Waals surface area (Å²) < 4.78 is 2.20. The van der Waals surface area contributed by atoms with E-state index in [-0.39, 0.29) is 5.69 Å². The van der Waals surface area contributed by atoms with Crippen LogP contribution in [-0.4, -0.2) is 45.7 Å². The number of fused-ring (bicyclic) bond motifs is 1. The van der Waals surface area contributed by atoms with Gasteiger partial charge in [-0.3, -0.25) is 0 Å². The largest absolute Gasteiger partial charge is 0.476 e. The van der Waals surface area contributed by atoms with E-state index >= 15 is 0 Å². The van der Waals surface area contributed by atoms with Crippen LogP contribution in [-0.2, 0) is 13.0 Å². The van der Waals surface area contributed by atoms with Crippen LogP contribution in [0.1, 0.15) is 47.7 Å². The Labute approximate surface area is 113 Å². The number of carboxylic acid groups (broad SMARTS) is 1. The van der Waals surface area contributed by atoms with Crippen LogP contribution in [0, 0.1) is 5.92 Å². The van der Waals surface area contributed by atoms with Crippen LogP contribution in [0.4, 0.5) is 0 Å². The molecule has 0 saturated carbocycles. The quantitative estimate of drug-likeness (QED) is 0.880. The fourth-order valence-corrected chi connectivity index (χ4v) is 3.38. The average molecular weight is 263 g/mol. The van der Waals surface area contributed by atoms with E-state index in [0.717, 1.165) is 50.4 Å². The van der Waals surface area contributed by atoms with Gasteiger partial charge < -0.3 is 14.6 Å². The highest BCUT2D eigenvalue weighted by Gasteiger charge is 2.32. The van der Waals surface area contributed by atoms with Crippen LogP contribution in [0.2, 0.25) is 0 Å². The zero-order valence-electron chi connectivity index (χ0n) is 11.6. The molecule has 2 atom stereocenters. The van der Waals surface area contributed by atoms with Crippen molar-refractivity contribution in [2.75, 3.05) is 20.1 Å². The molecule has 5 nitrogen and oxygen atoms in total. The van der Waals surface area contributed by atoms with E-state index in [1.165, 1.54) is 0 Å². The number of imidazole rings is 1. The maximum atomic E-state index is 11.4. The van der Waals surface area contributed by atoms with E-state index in [1.54, 1.807) is 0 Å². The molecule has 5 heteroatoms. The number of carbonyl (C=O) groups is 1. The van der Waals surface area contributed by atoms with Gasteiger partial charge >= 0.3 is 5.97 Å². The SMILES string of the molecule is CC1CCc2c(C(=O)O)nc(C3CCN(C)C3)n2C1. The van der Waals surface area contributed by atoms with Gasteiger partial charge in [0.05, 0.1) is 5.69 Å². The van der Waals surface area contributed by atoms with Crippen molar-refractivity contribution in [2.24, 2.45) is 5.92 Å². The minimum Gasteiger partial charge on any atom is -0.476 e. The molecular formula is C14H21N3O2. The number of hydrogen-bond donors (Lipinski definition) is 1. The Hall–Kier alpha value is -1.36. The molecule has 104 valence electrons. The first-order valence-electron chi connectivity index (χ1n) is 7.07. The fraction of sp³-hybridized carbons (Fsp3) is 0.714. The summed E-state index contributed by atoms with van der Waals surface area (Å²) in [7, 11) is 2.11. The highest BCUT2D eigenvalue weighted by molar-refractivity contribution is 5.87. The van der Waals surface area contributed by atoms with E-state index in [1.807, 2.05) is 0 Å². The first-order chi connectivity index (χ1) is 9.06. The molecule has 19 heavy (non-hydrogen) atoms. The molecule has 3 heterocycles. The molecule has 0 amide bonds. The number of aromatic nitrogens is 2. The van der Waals surface area contributed by atoms with Gasteiger partial charge in [-0.1, -0.05) is 6.92 Å². The Bertz CT molecular complexity index is 509. The fourth-order valence-electron chi connectivity index (χ4n) is 3.38. The number of carboxylic acids is 1. The minimum atomic E-state index is -0.879. The maximum absolute atomic E-state index is 11.4. The van der Waals surface area contributed by atoms with Gasteiger partial charge in [0.15, 0.2) is 5.69 Å². The van der Waals surface area contributed by atoms with Crippen LogP contribution in [0.15, 0.2) is 0 Å². The van der Waals surface area contributed by atoms with Gasteiger partial charge in [0.1, 0.15) is 5.82 Å². The number of aromatic carboxylic acids is 1. The third-order valence-corrected chi connectivity index (χ3v) is 4.43. The molecule has 1 aromatic heterocycles. The van der Waals surface area contributed by atoms with E-state index in [9.17, 15) is 9.90 Å². The zero-order chi connectivity index (χ0) is 13.6. The summed E-state index contributed by atoms with van der Waals surface area (Å²) in [6.07, 6.45) is 2.99. The average Bonchev–Trinajstić information content (AvgIpc) is 2.92. The molecule has 1 saturated heterocycles. The second kappa shape index (κ2) is 4.63. The van der Waals surface area contributed by atoms with Crippen LogP contribution in [0.25, 0.3) is 0 Å². The molecule has 0 aliphatic carbocycles. The van der Waals surface area contributed by atoms with E-state index in [2.05, 4.69) is 28.4 Å². The van der Waals surface area contributed by atoms with Gasteiger partial charge in [-0.05, 0) is 38.8 Å². The van der Waals surface area contributed by atoms with Crippen LogP contribution < -0.4 is 0 Å². The Balaban J connectivity index is 2.02. The summed E-state index contributed by atoms with van der Waals surface area (Å²) in [5, 5.41) is 9.33. The molecular weight excluding hydrogens is 242 g/mol. The van der Waals surface area contributed by atoms with Gasteiger partial charge in [0.25, 0.3) is 0 Å². The summed E-state index contributed by atoms with van der Waals surface area (Å²) in [4.78, 5) is 18.1. The minimum absolute atomic E-state index is 0.288. The van der Waals surface area contributed by atoms with Crippen molar-refractivity contribution in [3.8, 4) is 0 Å². The van der Waals surface area contributed by atoms with Crippen molar-refractivity contribution in [3.05, 3.63) is 17.2 Å². The second-order valence-corrected chi connectivity index (χ2v) is 6.07. The summed E-state index contributed by atoms with van der Waals surface area (Å²) >= 11 is 0. The Morgan fingerprint density at radius 2 is 2.16 bits per heavy atom. The molecule has 2 aliphatic heterocycles. The lowest BCUT2D eigenvalue weighted by atomic mass is 9.98. The molecule has 0 radical (unpaired) electrons. The van der Waals surface area contributed by atoms with Crippen LogP contribution in [0.3, 0.4) is 0 Å². The number of nitrogens with zero attached hydrogens (tertiary/aromatic N) is 3. The van der Waals surface area contributed by atoms with Crippen LogP contribution >= 0.6 is 0 Å². The third-order valence-electron chi connectivity index (χ3n) is 4.43. The number of hydrogen-bond acceptors (Lipinski definition) is 3. The summed E-state index contributed by atoms with van der Waals surface area (Å²) in [5.74, 6) is 1.13. The highest BCUT2D eigenvalue weighted by Crippen LogP contribution is 2.31. The predicted molar refractivity (Wildman–Crippen MR) is 71.5 cm³/mol. The van der Waals surface area contributed by atoms with Gasteiger partial charge in [-0.2, -0.15) is 0 Å². The molecule has 1 N–H and O–H groups in total. The molecule has 0 bridgehead atoms. The van der Waals surface area contributed by atoms with Crippen molar-refractivity contribution in [1.29, 1.82) is 0 Å². The summed E-state index contributed by atoms with van der Waals surface area (Å²) in [6, 6.07) is 0. The second-order valence-electron chi connectivity index (χ2n) is 6.07. The third kappa shape index (κ3) is 2.16. The first kappa shape index (κ1) is 12.7. The van der Waals surface area contributed by atoms with E-state index in [0.29, 0.717) is 11.8 Å². The Morgan fingerprint density at radius 1 is 1.37 bits per heavy atom. The molecule has 0 spiro atoms. The van der Waals surface area contributed by atoms with Crippen molar-refractivity contribution in [1.82, 2.24) is 14.5 Å². The van der Waals surface area contributed by atoms with Crippen molar-refractivity contribution in [2.45, 2.75) is 38.6 Å². The standard InChI is InChI=1S/C14H21N3O2/c1-9-3-4-11-12(14(18)19)15-13(17(11)7-9)10-5-6-16(2)8-10/h9-10H,3-8H2,1-2H3,(H,18,19). The Morgan fingerprint density at radius 3 is 2.79 bits per heavy atom. The smallest absolute Gasteiger partial charge is 0.356 e. The molecule has 2 unspecified atom stereocenters. The summed E-state index contributed by atoms with van der Waals surface area (Å²) in [6.45, 7) is 5.22. The van der Waals surface area contributed by atoms with Crippen molar-refractivity contribution in [3.63, 3.8) is 0 Å². The maximum Gasteiger partial charge on any atom is 0.356 e. The summed E-state index contributed by atoms with van der Waals surface area (Å²) in [5.41, 5.74) is 1.23. The van der Waals surface area contributed by atoms with E-state index in [4.69, 9.17) is 0 Å². The topological polar surface area (TPSA) is 58.4 Å². The number of likely N-dealkylation sites (tertiary alicyclic amines) is 1. The number of rotatable bonds is 2. The molecule has 3 rings (SSSR count). The van der Waals surface area contributed by atoms with Gasteiger partial charge in [0, 0.05) is 19.0 Å². The molecule has 2 aliphatic rings. The first-order valence-corrected chi connectivity index (χ1v) is 7.07. The Kier molecular flexibility index (Phi) is 3.09. The van der Waals surface area contributed by atoms with Crippen LogP contribution in [0.5, 0.6) is 0 Å². The lowest BCUT2D eigenvalue weighted by molar-refractivity contribution is 0.0689. The number of likely N-dealkylation sites (N-methyl/N-ethyl adjacent to an activating group) is 1. The van der Waals surface area contributed by atoms with Crippen molar-refractivity contribution < 1.29 is 9.90 Å². The zero-order valence-corrected chi connectivity index (χ0v) is 11.6. The lowest BCUT2D eigenvalue weighted by Gasteiger charge is -2.24. The van der Waals surface area contributed by atoms with Gasteiger partial charge in [-0.25, -0.2) is 9.78 Å². The van der Waals surface area contributed by atoms with Crippen molar-refractivity contribution >= 4 is 5.97 Å². The highest BCUT2D eigenvalue weighted by atomic mass is 16.4. The molecule has 0 aromatic carbocycles. The van der Waals surface area contributed by atoms with E-state index < -0.39 is 5.97 Å². The molecule has 1 fully saturated rings. The normalized spacial score (nSPS) is 27.5.